The summed E-state index contributed by atoms with van der Waals surface area (Å²) in [6.07, 6.45) is 7.90. The summed E-state index contributed by atoms with van der Waals surface area (Å²) in [7, 11) is 0. The van der Waals surface area contributed by atoms with Crippen LogP contribution in [-0.4, -0.2) is 11.6 Å². The molecule has 0 aliphatic heterocycles. The molecule has 0 aliphatic rings. The van der Waals surface area contributed by atoms with E-state index >= 15 is 0 Å². The highest BCUT2D eigenvalue weighted by molar-refractivity contribution is 5.72. The van der Waals surface area contributed by atoms with Crippen molar-refractivity contribution >= 4 is 5.97 Å². The molecule has 0 aromatic rings. The lowest BCUT2D eigenvalue weighted by Crippen LogP contribution is -2.28. The zero-order valence-electron chi connectivity index (χ0n) is 12.3. The van der Waals surface area contributed by atoms with Gasteiger partial charge in [-0.1, -0.05) is 46.0 Å². The molecule has 0 rings (SSSR count). The van der Waals surface area contributed by atoms with Gasteiger partial charge in [-0.05, 0) is 33.6 Å². The Kier molecular flexibility index (Phi) is 8.28. The number of hydrogen-bond acceptors (Lipinski definition) is 2. The van der Waals surface area contributed by atoms with E-state index in [1.807, 2.05) is 20.8 Å². The highest BCUT2D eigenvalue weighted by Crippen LogP contribution is 2.20. The minimum atomic E-state index is -0.355. The van der Waals surface area contributed by atoms with Gasteiger partial charge in [0.1, 0.15) is 5.60 Å². The predicted molar refractivity (Wildman–Crippen MR) is 73.0 cm³/mol. The monoisotopic (exact) mass is 242 g/mol. The third-order valence-corrected chi connectivity index (χ3v) is 2.78. The quantitative estimate of drug-likeness (QED) is 0.455. The Labute approximate surface area is 107 Å². The third kappa shape index (κ3) is 9.20. The molecule has 17 heavy (non-hydrogen) atoms. The van der Waals surface area contributed by atoms with Crippen molar-refractivity contribution in [3.05, 3.63) is 0 Å². The Morgan fingerprint density at radius 3 is 2.12 bits per heavy atom. The van der Waals surface area contributed by atoms with Crippen LogP contribution in [0.1, 0.15) is 79.6 Å². The Bertz CT molecular complexity index is 203. The fourth-order valence-corrected chi connectivity index (χ4v) is 1.93. The van der Waals surface area contributed by atoms with Crippen LogP contribution in [0.3, 0.4) is 0 Å². The second-order valence-electron chi connectivity index (χ2n) is 5.87. The summed E-state index contributed by atoms with van der Waals surface area (Å²) >= 11 is 0. The molecule has 0 aliphatic carbocycles. The Hall–Kier alpha value is -0.530. The molecule has 1 unspecified atom stereocenters. The lowest BCUT2D eigenvalue weighted by molar-refractivity contribution is -0.160. The van der Waals surface area contributed by atoms with E-state index in [1.54, 1.807) is 0 Å². The zero-order valence-corrected chi connectivity index (χ0v) is 12.3. The Morgan fingerprint density at radius 1 is 1.00 bits per heavy atom. The van der Waals surface area contributed by atoms with E-state index in [-0.39, 0.29) is 17.5 Å². The first-order valence-corrected chi connectivity index (χ1v) is 7.13. The van der Waals surface area contributed by atoms with Crippen molar-refractivity contribution in [2.75, 3.05) is 0 Å². The van der Waals surface area contributed by atoms with Crippen molar-refractivity contribution in [3.8, 4) is 0 Å². The van der Waals surface area contributed by atoms with Gasteiger partial charge in [-0.3, -0.25) is 4.79 Å². The molecule has 0 aromatic heterocycles. The van der Waals surface area contributed by atoms with Gasteiger partial charge in [-0.2, -0.15) is 0 Å². The number of ether oxygens (including phenoxy) is 1. The number of unbranched alkanes of at least 4 members (excludes halogenated alkanes) is 3. The van der Waals surface area contributed by atoms with E-state index in [9.17, 15) is 4.79 Å². The lowest BCUT2D eigenvalue weighted by atomic mass is 9.96. The summed E-state index contributed by atoms with van der Waals surface area (Å²) < 4.78 is 5.47. The fourth-order valence-electron chi connectivity index (χ4n) is 1.93. The summed E-state index contributed by atoms with van der Waals surface area (Å²) in [5.74, 6) is 0.104. The summed E-state index contributed by atoms with van der Waals surface area (Å²) in [5.41, 5.74) is -0.355. The van der Waals surface area contributed by atoms with E-state index in [1.165, 1.54) is 19.3 Å². The third-order valence-electron chi connectivity index (χ3n) is 2.78. The average molecular weight is 242 g/mol. The van der Waals surface area contributed by atoms with E-state index in [0.29, 0.717) is 0 Å². The highest BCUT2D eigenvalue weighted by Gasteiger charge is 2.23. The average Bonchev–Trinajstić information content (AvgIpc) is 2.20. The number of carbonyl (C=O) groups is 1. The van der Waals surface area contributed by atoms with Gasteiger partial charge >= 0.3 is 5.97 Å². The zero-order chi connectivity index (χ0) is 13.3. The van der Waals surface area contributed by atoms with Gasteiger partial charge in [-0.15, -0.1) is 0 Å². The molecule has 0 radical (unpaired) electrons. The van der Waals surface area contributed by atoms with Crippen LogP contribution in [0, 0.1) is 5.92 Å². The van der Waals surface area contributed by atoms with Crippen molar-refractivity contribution in [2.45, 2.75) is 85.2 Å². The van der Waals surface area contributed by atoms with Gasteiger partial charge in [0.15, 0.2) is 0 Å². The van der Waals surface area contributed by atoms with Crippen LogP contribution in [0.15, 0.2) is 0 Å². The summed E-state index contributed by atoms with van der Waals surface area (Å²) in [6, 6.07) is 0. The molecular formula is C15H30O2. The maximum atomic E-state index is 12.0. The number of hydrogen-bond donors (Lipinski definition) is 0. The maximum absolute atomic E-state index is 12.0. The number of rotatable bonds is 8. The van der Waals surface area contributed by atoms with Gasteiger partial charge in [0, 0.05) is 0 Å². The fraction of sp³-hybridized carbons (Fsp3) is 0.933. The van der Waals surface area contributed by atoms with E-state index in [2.05, 4.69) is 13.8 Å². The van der Waals surface area contributed by atoms with Crippen molar-refractivity contribution in [1.82, 2.24) is 0 Å². The van der Waals surface area contributed by atoms with Crippen LogP contribution in [0.4, 0.5) is 0 Å². The van der Waals surface area contributed by atoms with Gasteiger partial charge in [0.05, 0.1) is 5.92 Å². The van der Waals surface area contributed by atoms with Crippen LogP contribution in [0.2, 0.25) is 0 Å². The van der Waals surface area contributed by atoms with Crippen molar-refractivity contribution in [2.24, 2.45) is 5.92 Å². The van der Waals surface area contributed by atoms with Crippen LogP contribution in [0.5, 0.6) is 0 Å². The van der Waals surface area contributed by atoms with E-state index in [4.69, 9.17) is 4.74 Å². The van der Waals surface area contributed by atoms with Crippen LogP contribution >= 0.6 is 0 Å². The lowest BCUT2D eigenvalue weighted by Gasteiger charge is -2.23. The molecule has 2 nitrogen and oxygen atoms in total. The molecule has 0 saturated carbocycles. The van der Waals surface area contributed by atoms with Gasteiger partial charge in [-0.25, -0.2) is 0 Å². The van der Waals surface area contributed by atoms with E-state index in [0.717, 1.165) is 25.7 Å². The summed E-state index contributed by atoms with van der Waals surface area (Å²) in [5, 5.41) is 0. The molecule has 0 heterocycles. The molecule has 2 heteroatoms. The molecule has 1 atom stereocenters. The standard InChI is InChI=1S/C15H30O2/c1-6-8-9-10-12-13(11-7-2)14(16)17-15(3,4)5/h13H,6-12H2,1-5H3. The Morgan fingerprint density at radius 2 is 1.65 bits per heavy atom. The minimum Gasteiger partial charge on any atom is -0.460 e. The highest BCUT2D eigenvalue weighted by atomic mass is 16.6. The molecule has 0 spiro atoms. The molecule has 0 bridgehead atoms. The molecular weight excluding hydrogens is 212 g/mol. The van der Waals surface area contributed by atoms with Crippen molar-refractivity contribution in [1.29, 1.82) is 0 Å². The molecule has 0 amide bonds. The van der Waals surface area contributed by atoms with Crippen molar-refractivity contribution < 1.29 is 9.53 Å². The first-order valence-electron chi connectivity index (χ1n) is 7.13. The summed E-state index contributed by atoms with van der Waals surface area (Å²) in [4.78, 5) is 12.0. The van der Waals surface area contributed by atoms with Gasteiger partial charge < -0.3 is 4.74 Å². The van der Waals surface area contributed by atoms with Crippen LogP contribution < -0.4 is 0 Å². The van der Waals surface area contributed by atoms with Crippen LogP contribution in [-0.2, 0) is 9.53 Å². The van der Waals surface area contributed by atoms with Crippen LogP contribution in [0.25, 0.3) is 0 Å². The second-order valence-corrected chi connectivity index (χ2v) is 5.87. The SMILES string of the molecule is CCCCCCC(CCC)C(=O)OC(C)(C)C. The molecule has 0 saturated heterocycles. The largest absolute Gasteiger partial charge is 0.460 e. The minimum absolute atomic E-state index is 0.00384. The Balaban J connectivity index is 4.07. The van der Waals surface area contributed by atoms with E-state index < -0.39 is 0 Å². The van der Waals surface area contributed by atoms with Crippen molar-refractivity contribution in [3.63, 3.8) is 0 Å². The molecule has 0 fully saturated rings. The molecule has 102 valence electrons. The summed E-state index contributed by atoms with van der Waals surface area (Å²) in [6.45, 7) is 10.1. The normalized spacial score (nSPS) is 13.5. The molecule has 0 aromatic carbocycles. The second kappa shape index (κ2) is 8.54. The topological polar surface area (TPSA) is 26.3 Å². The predicted octanol–water partition coefficient (Wildman–Crippen LogP) is 4.71. The molecule has 0 N–H and O–H groups in total. The number of esters is 1. The first-order chi connectivity index (χ1) is 7.90. The first kappa shape index (κ1) is 16.5. The van der Waals surface area contributed by atoms with Gasteiger partial charge in [0.2, 0.25) is 0 Å². The number of carbonyl (C=O) groups excluding carboxylic acids is 1. The smallest absolute Gasteiger partial charge is 0.309 e. The van der Waals surface area contributed by atoms with Gasteiger partial charge in [0.25, 0.3) is 0 Å². The maximum Gasteiger partial charge on any atom is 0.309 e.